The first kappa shape index (κ1) is 14.8. The average Bonchev–Trinajstić information content (AvgIpc) is 2.56. The van der Waals surface area contributed by atoms with Crippen LogP contribution < -0.4 is 15.4 Å². The zero-order valence-electron chi connectivity index (χ0n) is 12.7. The molecule has 2 aliphatic heterocycles. The van der Waals surface area contributed by atoms with E-state index < -0.39 is 0 Å². The highest BCUT2D eigenvalue weighted by atomic mass is 16.5. The molecule has 2 fully saturated rings. The Hall–Kier alpha value is -2.08. The van der Waals surface area contributed by atoms with Gasteiger partial charge in [0.05, 0.1) is 13.0 Å². The van der Waals surface area contributed by atoms with Crippen molar-refractivity contribution in [2.24, 2.45) is 11.8 Å². The van der Waals surface area contributed by atoms with E-state index in [1.165, 1.54) is 4.90 Å². The van der Waals surface area contributed by atoms with Crippen molar-refractivity contribution in [3.63, 3.8) is 0 Å². The summed E-state index contributed by atoms with van der Waals surface area (Å²) in [6.45, 7) is 2.39. The first-order chi connectivity index (χ1) is 10.7. The standard InChI is InChI=1S/C16H21N3O3/c1-22-14-5-3-2-4-12(14)9-18-16(21)19-10-11-6-13(15(19)20)8-17-7-11/h2-5,11,13,17H,6-10H2,1H3,(H,18,21). The van der Waals surface area contributed by atoms with E-state index in [9.17, 15) is 9.59 Å². The molecule has 3 rings (SSSR count). The fourth-order valence-electron chi connectivity index (χ4n) is 3.22. The van der Waals surface area contributed by atoms with Crippen LogP contribution in [0.15, 0.2) is 24.3 Å². The summed E-state index contributed by atoms with van der Waals surface area (Å²) < 4.78 is 5.26. The van der Waals surface area contributed by atoms with E-state index in [0.29, 0.717) is 25.6 Å². The molecule has 6 nitrogen and oxygen atoms in total. The largest absolute Gasteiger partial charge is 0.496 e. The normalized spacial score (nSPS) is 24.0. The summed E-state index contributed by atoms with van der Waals surface area (Å²) in [4.78, 5) is 26.0. The molecular formula is C16H21N3O3. The van der Waals surface area contributed by atoms with Gasteiger partial charge in [-0.1, -0.05) is 18.2 Å². The third-order valence-corrected chi connectivity index (χ3v) is 4.37. The molecule has 2 heterocycles. The summed E-state index contributed by atoms with van der Waals surface area (Å²) in [6.07, 6.45) is 0.891. The van der Waals surface area contributed by atoms with Crippen LogP contribution in [0.5, 0.6) is 5.75 Å². The van der Waals surface area contributed by atoms with Crippen LogP contribution in [0.2, 0.25) is 0 Å². The van der Waals surface area contributed by atoms with Crippen molar-refractivity contribution in [1.82, 2.24) is 15.5 Å². The number of para-hydroxylation sites is 1. The number of imide groups is 1. The number of carbonyl (C=O) groups is 2. The van der Waals surface area contributed by atoms with Gasteiger partial charge in [0.2, 0.25) is 5.91 Å². The molecule has 22 heavy (non-hydrogen) atoms. The van der Waals surface area contributed by atoms with Crippen molar-refractivity contribution < 1.29 is 14.3 Å². The van der Waals surface area contributed by atoms with Crippen molar-refractivity contribution >= 4 is 11.9 Å². The van der Waals surface area contributed by atoms with Crippen molar-refractivity contribution in [3.8, 4) is 5.75 Å². The summed E-state index contributed by atoms with van der Waals surface area (Å²) >= 11 is 0. The zero-order valence-corrected chi connectivity index (χ0v) is 12.7. The molecule has 0 radical (unpaired) electrons. The lowest BCUT2D eigenvalue weighted by Gasteiger charge is -2.39. The zero-order chi connectivity index (χ0) is 15.5. The number of nitrogens with zero attached hydrogens (tertiary/aromatic N) is 1. The smallest absolute Gasteiger partial charge is 0.324 e. The van der Waals surface area contributed by atoms with Gasteiger partial charge in [-0.15, -0.1) is 0 Å². The molecule has 1 aromatic carbocycles. The van der Waals surface area contributed by atoms with Crippen LogP contribution in [0.1, 0.15) is 12.0 Å². The number of methoxy groups -OCH3 is 1. The predicted molar refractivity (Wildman–Crippen MR) is 81.4 cm³/mol. The fourth-order valence-corrected chi connectivity index (χ4v) is 3.22. The minimum absolute atomic E-state index is 0.0653. The number of carbonyl (C=O) groups excluding carboxylic acids is 2. The Labute approximate surface area is 129 Å². The summed E-state index contributed by atoms with van der Waals surface area (Å²) in [5.41, 5.74) is 0.893. The van der Waals surface area contributed by atoms with Crippen molar-refractivity contribution in [3.05, 3.63) is 29.8 Å². The second kappa shape index (κ2) is 6.36. The summed E-state index contributed by atoms with van der Waals surface area (Å²) in [5, 5.41) is 6.08. The van der Waals surface area contributed by atoms with Crippen LogP contribution in [0.25, 0.3) is 0 Å². The lowest BCUT2D eigenvalue weighted by Crippen LogP contribution is -2.58. The Bertz CT molecular complexity index is 576. The van der Waals surface area contributed by atoms with Crippen LogP contribution in [-0.2, 0) is 11.3 Å². The number of hydrogen-bond acceptors (Lipinski definition) is 4. The molecule has 3 amide bonds. The molecule has 1 aromatic rings. The second-order valence-electron chi connectivity index (χ2n) is 5.88. The average molecular weight is 303 g/mol. The van der Waals surface area contributed by atoms with Gasteiger partial charge in [-0.05, 0) is 24.9 Å². The SMILES string of the molecule is COc1ccccc1CNC(=O)N1CC2CNCC(C2)C1=O. The molecule has 2 aliphatic rings. The van der Waals surface area contributed by atoms with Gasteiger partial charge in [0.15, 0.2) is 0 Å². The van der Waals surface area contributed by atoms with E-state index >= 15 is 0 Å². The molecule has 2 saturated heterocycles. The highest BCUT2D eigenvalue weighted by Gasteiger charge is 2.39. The second-order valence-corrected chi connectivity index (χ2v) is 5.88. The van der Waals surface area contributed by atoms with Crippen LogP contribution >= 0.6 is 0 Å². The molecule has 0 aromatic heterocycles. The molecule has 0 spiro atoms. The molecule has 2 atom stereocenters. The lowest BCUT2D eigenvalue weighted by atomic mass is 9.85. The first-order valence-electron chi connectivity index (χ1n) is 7.61. The van der Waals surface area contributed by atoms with Gasteiger partial charge in [-0.25, -0.2) is 4.79 Å². The maximum atomic E-state index is 12.3. The van der Waals surface area contributed by atoms with Gasteiger partial charge in [0, 0.05) is 25.2 Å². The van der Waals surface area contributed by atoms with Gasteiger partial charge in [-0.2, -0.15) is 0 Å². The quantitative estimate of drug-likeness (QED) is 0.873. The molecule has 2 unspecified atom stereocenters. The predicted octanol–water partition coefficient (Wildman–Crippen LogP) is 0.973. The Morgan fingerprint density at radius 3 is 3.05 bits per heavy atom. The van der Waals surface area contributed by atoms with Gasteiger partial charge in [-0.3, -0.25) is 9.69 Å². The third kappa shape index (κ3) is 2.92. The molecule has 0 saturated carbocycles. The van der Waals surface area contributed by atoms with Gasteiger partial charge in [0.25, 0.3) is 0 Å². The van der Waals surface area contributed by atoms with Crippen LogP contribution in [0, 0.1) is 11.8 Å². The third-order valence-electron chi connectivity index (χ3n) is 4.37. The highest BCUT2D eigenvalue weighted by Crippen LogP contribution is 2.25. The van der Waals surface area contributed by atoms with Crippen molar-refractivity contribution in [2.45, 2.75) is 13.0 Å². The number of fused-ring (bicyclic) bond motifs is 2. The number of rotatable bonds is 3. The number of ether oxygens (including phenoxy) is 1. The Morgan fingerprint density at radius 2 is 2.23 bits per heavy atom. The van der Waals surface area contributed by atoms with Crippen LogP contribution in [0.3, 0.4) is 0 Å². The molecule has 2 N–H and O–H groups in total. The Kier molecular flexibility index (Phi) is 4.29. The number of likely N-dealkylation sites (tertiary alicyclic amines) is 1. The lowest BCUT2D eigenvalue weighted by molar-refractivity contribution is -0.137. The molecule has 6 heteroatoms. The Morgan fingerprint density at radius 1 is 1.41 bits per heavy atom. The maximum Gasteiger partial charge on any atom is 0.324 e. The number of benzene rings is 1. The minimum Gasteiger partial charge on any atom is -0.496 e. The minimum atomic E-state index is -0.312. The van der Waals surface area contributed by atoms with E-state index in [0.717, 1.165) is 24.3 Å². The fraction of sp³-hybridized carbons (Fsp3) is 0.500. The topological polar surface area (TPSA) is 70.7 Å². The summed E-state index contributed by atoms with van der Waals surface area (Å²) in [5.74, 6) is 0.966. The maximum absolute atomic E-state index is 12.3. The first-order valence-corrected chi connectivity index (χ1v) is 7.61. The molecule has 0 aliphatic carbocycles. The van der Waals surface area contributed by atoms with E-state index in [1.807, 2.05) is 24.3 Å². The number of nitrogens with one attached hydrogen (secondary N) is 2. The summed E-state index contributed by atoms with van der Waals surface area (Å²) in [6, 6.07) is 7.21. The number of piperidine rings is 2. The van der Waals surface area contributed by atoms with Crippen LogP contribution in [-0.4, -0.2) is 43.6 Å². The van der Waals surface area contributed by atoms with E-state index in [4.69, 9.17) is 4.74 Å². The van der Waals surface area contributed by atoms with Gasteiger partial charge >= 0.3 is 6.03 Å². The molecule has 2 bridgehead atoms. The van der Waals surface area contributed by atoms with Crippen LogP contribution in [0.4, 0.5) is 4.79 Å². The Balaban J connectivity index is 1.63. The van der Waals surface area contributed by atoms with Gasteiger partial charge < -0.3 is 15.4 Å². The number of amides is 3. The van der Waals surface area contributed by atoms with E-state index in [-0.39, 0.29) is 17.9 Å². The van der Waals surface area contributed by atoms with Crippen molar-refractivity contribution in [2.75, 3.05) is 26.7 Å². The number of urea groups is 1. The van der Waals surface area contributed by atoms with Crippen molar-refractivity contribution in [1.29, 1.82) is 0 Å². The monoisotopic (exact) mass is 303 g/mol. The highest BCUT2D eigenvalue weighted by molar-refractivity contribution is 5.96. The molecule has 118 valence electrons. The van der Waals surface area contributed by atoms with E-state index in [1.54, 1.807) is 7.11 Å². The van der Waals surface area contributed by atoms with Gasteiger partial charge in [0.1, 0.15) is 5.75 Å². The number of hydrogen-bond donors (Lipinski definition) is 2. The molecular weight excluding hydrogens is 282 g/mol. The van der Waals surface area contributed by atoms with E-state index in [2.05, 4.69) is 10.6 Å². The summed E-state index contributed by atoms with van der Waals surface area (Å²) in [7, 11) is 1.60.